The van der Waals surface area contributed by atoms with Gasteiger partial charge in [-0.2, -0.15) is 11.8 Å². The van der Waals surface area contributed by atoms with E-state index in [2.05, 4.69) is 22.0 Å². The van der Waals surface area contributed by atoms with Gasteiger partial charge in [0, 0.05) is 30.1 Å². The molecule has 1 N–H and O–H groups in total. The van der Waals surface area contributed by atoms with E-state index < -0.39 is 9.84 Å². The standard InChI is InChI=1S/C12H24N2O2S2/c1-11-10-18(15,16)9-7-14(11)6-8-17-12-2-4-13-5-3-12/h11-13H,2-10H2,1H3. The zero-order valence-electron chi connectivity index (χ0n) is 11.1. The molecule has 18 heavy (non-hydrogen) atoms. The van der Waals surface area contributed by atoms with E-state index in [0.29, 0.717) is 11.5 Å². The number of nitrogens with zero attached hydrogens (tertiary/aromatic N) is 1. The normalized spacial score (nSPS) is 30.4. The first kappa shape index (κ1) is 14.6. The number of piperidine rings is 1. The molecule has 0 aromatic rings. The Kier molecular flexibility index (Phi) is 5.35. The van der Waals surface area contributed by atoms with Gasteiger partial charge in [0.05, 0.1) is 11.5 Å². The van der Waals surface area contributed by atoms with Gasteiger partial charge in [0.15, 0.2) is 9.84 Å². The monoisotopic (exact) mass is 292 g/mol. The number of sulfone groups is 1. The van der Waals surface area contributed by atoms with E-state index in [1.54, 1.807) is 0 Å². The van der Waals surface area contributed by atoms with E-state index in [0.717, 1.165) is 37.2 Å². The van der Waals surface area contributed by atoms with Gasteiger partial charge in [-0.25, -0.2) is 8.42 Å². The van der Waals surface area contributed by atoms with Crippen LogP contribution in [0.1, 0.15) is 19.8 Å². The Labute approximate surface area is 115 Å². The van der Waals surface area contributed by atoms with Crippen molar-refractivity contribution in [3.8, 4) is 0 Å². The van der Waals surface area contributed by atoms with Gasteiger partial charge >= 0.3 is 0 Å². The minimum absolute atomic E-state index is 0.192. The van der Waals surface area contributed by atoms with Gasteiger partial charge in [0.25, 0.3) is 0 Å². The minimum atomic E-state index is -2.77. The fourth-order valence-corrected chi connectivity index (χ4v) is 5.53. The summed E-state index contributed by atoms with van der Waals surface area (Å²) in [5.74, 6) is 1.81. The fraction of sp³-hybridized carbons (Fsp3) is 1.00. The van der Waals surface area contributed by atoms with E-state index >= 15 is 0 Å². The van der Waals surface area contributed by atoms with Crippen molar-refractivity contribution in [3.63, 3.8) is 0 Å². The largest absolute Gasteiger partial charge is 0.317 e. The Morgan fingerprint density at radius 2 is 2.06 bits per heavy atom. The summed E-state index contributed by atoms with van der Waals surface area (Å²) in [5.41, 5.74) is 0. The van der Waals surface area contributed by atoms with Crippen molar-refractivity contribution in [1.29, 1.82) is 0 Å². The van der Waals surface area contributed by atoms with Crippen LogP contribution in [0.4, 0.5) is 0 Å². The van der Waals surface area contributed by atoms with Crippen molar-refractivity contribution in [2.75, 3.05) is 43.4 Å². The molecule has 0 aromatic heterocycles. The van der Waals surface area contributed by atoms with Crippen LogP contribution >= 0.6 is 11.8 Å². The van der Waals surface area contributed by atoms with E-state index in [-0.39, 0.29) is 6.04 Å². The molecule has 106 valence electrons. The van der Waals surface area contributed by atoms with Crippen LogP contribution < -0.4 is 5.32 Å². The predicted molar refractivity (Wildman–Crippen MR) is 78.0 cm³/mol. The molecule has 4 nitrogen and oxygen atoms in total. The summed E-state index contributed by atoms with van der Waals surface area (Å²) in [6, 6.07) is 0.192. The first-order valence-electron chi connectivity index (χ1n) is 6.83. The number of thioether (sulfide) groups is 1. The molecular weight excluding hydrogens is 268 g/mol. The maximum atomic E-state index is 11.5. The van der Waals surface area contributed by atoms with E-state index in [9.17, 15) is 8.42 Å². The lowest BCUT2D eigenvalue weighted by Crippen LogP contribution is -2.47. The lowest BCUT2D eigenvalue weighted by Gasteiger charge is -2.33. The zero-order valence-corrected chi connectivity index (χ0v) is 12.7. The molecule has 0 aliphatic carbocycles. The lowest BCUT2D eigenvalue weighted by molar-refractivity contribution is 0.241. The smallest absolute Gasteiger partial charge is 0.153 e. The summed E-state index contributed by atoms with van der Waals surface area (Å²) >= 11 is 2.06. The molecule has 2 heterocycles. The molecule has 1 atom stereocenters. The third kappa shape index (κ3) is 4.40. The minimum Gasteiger partial charge on any atom is -0.317 e. The van der Waals surface area contributed by atoms with Gasteiger partial charge in [-0.1, -0.05) is 0 Å². The summed E-state index contributed by atoms with van der Waals surface area (Å²) in [4.78, 5) is 2.33. The van der Waals surface area contributed by atoms with Crippen LogP contribution in [0.15, 0.2) is 0 Å². The third-order valence-corrected chi connectivity index (χ3v) is 6.98. The van der Waals surface area contributed by atoms with Gasteiger partial charge in [-0.05, 0) is 32.9 Å². The molecule has 0 radical (unpaired) electrons. The number of nitrogens with one attached hydrogen (secondary N) is 1. The maximum Gasteiger partial charge on any atom is 0.153 e. The second-order valence-electron chi connectivity index (χ2n) is 5.32. The summed E-state index contributed by atoms with van der Waals surface area (Å²) in [7, 11) is -2.77. The summed E-state index contributed by atoms with van der Waals surface area (Å²) < 4.78 is 23.0. The molecule has 2 aliphatic heterocycles. The quantitative estimate of drug-likeness (QED) is 0.822. The van der Waals surface area contributed by atoms with E-state index in [1.165, 1.54) is 12.8 Å². The van der Waals surface area contributed by atoms with Crippen molar-refractivity contribution < 1.29 is 8.42 Å². The van der Waals surface area contributed by atoms with E-state index in [1.807, 2.05) is 6.92 Å². The van der Waals surface area contributed by atoms with Crippen LogP contribution in [-0.2, 0) is 9.84 Å². The predicted octanol–water partition coefficient (Wildman–Crippen LogP) is 0.591. The van der Waals surface area contributed by atoms with Gasteiger partial charge < -0.3 is 5.32 Å². The molecule has 2 aliphatic rings. The zero-order chi connectivity index (χ0) is 13.0. The van der Waals surface area contributed by atoms with Crippen LogP contribution in [0, 0.1) is 0 Å². The third-order valence-electron chi connectivity index (χ3n) is 3.83. The second-order valence-corrected chi connectivity index (χ2v) is 8.96. The first-order valence-corrected chi connectivity index (χ1v) is 9.71. The van der Waals surface area contributed by atoms with Crippen molar-refractivity contribution in [1.82, 2.24) is 10.2 Å². The second kappa shape index (κ2) is 6.59. The summed E-state index contributed by atoms with van der Waals surface area (Å²) in [6.07, 6.45) is 2.54. The van der Waals surface area contributed by atoms with Gasteiger partial charge in [-0.15, -0.1) is 0 Å². The van der Waals surface area contributed by atoms with Crippen LogP contribution in [0.3, 0.4) is 0 Å². The van der Waals surface area contributed by atoms with Gasteiger partial charge in [0.2, 0.25) is 0 Å². The topological polar surface area (TPSA) is 49.4 Å². The van der Waals surface area contributed by atoms with Crippen LogP contribution in [-0.4, -0.2) is 68.0 Å². The molecule has 2 rings (SSSR count). The highest BCUT2D eigenvalue weighted by Crippen LogP contribution is 2.21. The molecule has 6 heteroatoms. The number of hydrogen-bond donors (Lipinski definition) is 1. The average molecular weight is 292 g/mol. The summed E-state index contributed by atoms with van der Waals surface area (Å²) in [6.45, 7) is 6.08. The first-order chi connectivity index (χ1) is 8.57. The molecule has 0 saturated carbocycles. The highest BCUT2D eigenvalue weighted by atomic mass is 32.2. The molecule has 0 amide bonds. The Morgan fingerprint density at radius 1 is 1.33 bits per heavy atom. The number of hydrogen-bond acceptors (Lipinski definition) is 5. The van der Waals surface area contributed by atoms with Crippen molar-refractivity contribution in [2.45, 2.75) is 31.1 Å². The number of rotatable bonds is 4. The average Bonchev–Trinajstić information content (AvgIpc) is 2.33. The maximum absolute atomic E-state index is 11.5. The molecule has 2 fully saturated rings. The lowest BCUT2D eigenvalue weighted by atomic mass is 10.2. The Bertz CT molecular complexity index is 353. The fourth-order valence-electron chi connectivity index (χ4n) is 2.66. The van der Waals surface area contributed by atoms with Crippen molar-refractivity contribution in [2.24, 2.45) is 0 Å². The molecular formula is C12H24N2O2S2. The highest BCUT2D eigenvalue weighted by Gasteiger charge is 2.27. The van der Waals surface area contributed by atoms with E-state index in [4.69, 9.17) is 0 Å². The van der Waals surface area contributed by atoms with Crippen molar-refractivity contribution in [3.05, 3.63) is 0 Å². The Balaban J connectivity index is 1.67. The summed E-state index contributed by atoms with van der Waals surface area (Å²) in [5, 5.41) is 4.18. The van der Waals surface area contributed by atoms with Crippen molar-refractivity contribution >= 4 is 21.6 Å². The molecule has 0 aromatic carbocycles. The molecule has 1 unspecified atom stereocenters. The Morgan fingerprint density at radius 3 is 2.72 bits per heavy atom. The molecule has 2 saturated heterocycles. The van der Waals surface area contributed by atoms with Gasteiger partial charge in [0.1, 0.15) is 0 Å². The van der Waals surface area contributed by atoms with Crippen LogP contribution in [0.2, 0.25) is 0 Å². The molecule has 0 spiro atoms. The van der Waals surface area contributed by atoms with Crippen LogP contribution in [0.5, 0.6) is 0 Å². The molecule has 0 bridgehead atoms. The highest BCUT2D eigenvalue weighted by molar-refractivity contribution is 7.99. The van der Waals surface area contributed by atoms with Crippen LogP contribution in [0.25, 0.3) is 0 Å². The SMILES string of the molecule is CC1CS(=O)(=O)CCN1CCSC1CCNCC1. The Hall–Kier alpha value is 0.220. The van der Waals surface area contributed by atoms with Gasteiger partial charge in [-0.3, -0.25) is 4.90 Å².